The largest absolute Gasteiger partial charge is 0.326 e. The number of nitrogens with zero attached hydrogens (tertiary/aromatic N) is 1. The van der Waals surface area contributed by atoms with Gasteiger partial charge in [0.2, 0.25) is 10.0 Å². The molecule has 1 unspecified atom stereocenters. The summed E-state index contributed by atoms with van der Waals surface area (Å²) in [5, 5.41) is 0. The minimum Gasteiger partial charge on any atom is -0.326 e. The van der Waals surface area contributed by atoms with E-state index in [1.807, 2.05) is 26.0 Å². The van der Waals surface area contributed by atoms with Crippen molar-refractivity contribution in [2.45, 2.75) is 58.0 Å². The summed E-state index contributed by atoms with van der Waals surface area (Å²) in [4.78, 5) is 0.394. The maximum absolute atomic E-state index is 12.9. The minimum absolute atomic E-state index is 0.0266. The molecule has 0 aliphatic heterocycles. The molecule has 0 bridgehead atoms. The van der Waals surface area contributed by atoms with Gasteiger partial charge in [-0.3, -0.25) is 0 Å². The molecule has 0 heterocycles. The van der Waals surface area contributed by atoms with Crippen molar-refractivity contribution >= 4 is 10.0 Å². The molecular formula is C16H28N2O2S. The predicted molar refractivity (Wildman–Crippen MR) is 87.6 cm³/mol. The summed E-state index contributed by atoms with van der Waals surface area (Å²) in [6.45, 7) is 8.47. The van der Waals surface area contributed by atoms with Gasteiger partial charge in [-0.25, -0.2) is 8.42 Å². The zero-order chi connectivity index (χ0) is 16.2. The van der Waals surface area contributed by atoms with Crippen LogP contribution in [-0.2, 0) is 23.0 Å². The Labute approximate surface area is 129 Å². The van der Waals surface area contributed by atoms with Crippen molar-refractivity contribution in [3.05, 3.63) is 29.3 Å². The third-order valence-corrected chi connectivity index (χ3v) is 5.89. The molecule has 0 saturated heterocycles. The maximum atomic E-state index is 12.9. The van der Waals surface area contributed by atoms with E-state index in [0.29, 0.717) is 23.8 Å². The zero-order valence-corrected chi connectivity index (χ0v) is 14.6. The van der Waals surface area contributed by atoms with Gasteiger partial charge in [0.25, 0.3) is 0 Å². The van der Waals surface area contributed by atoms with Crippen molar-refractivity contribution < 1.29 is 8.42 Å². The quantitative estimate of drug-likeness (QED) is 0.842. The van der Waals surface area contributed by atoms with E-state index < -0.39 is 10.0 Å². The van der Waals surface area contributed by atoms with E-state index in [4.69, 9.17) is 5.73 Å². The molecule has 0 amide bonds. The number of aryl methyl sites for hydroxylation is 1. The van der Waals surface area contributed by atoms with Gasteiger partial charge in [-0.05, 0) is 42.9 Å². The Balaban J connectivity index is 3.23. The monoisotopic (exact) mass is 312 g/mol. The van der Waals surface area contributed by atoms with E-state index >= 15 is 0 Å². The highest BCUT2D eigenvalue weighted by Crippen LogP contribution is 2.24. The SMILES string of the molecule is CCc1ccc(CN)cc1S(=O)(=O)N(C)C(C)CC(C)C. The van der Waals surface area contributed by atoms with Crippen molar-refractivity contribution in [1.82, 2.24) is 4.31 Å². The number of sulfonamides is 1. The van der Waals surface area contributed by atoms with Gasteiger partial charge >= 0.3 is 0 Å². The maximum Gasteiger partial charge on any atom is 0.243 e. The third-order valence-electron chi connectivity index (χ3n) is 3.84. The van der Waals surface area contributed by atoms with Crippen LogP contribution in [0.1, 0.15) is 45.2 Å². The molecule has 0 aliphatic carbocycles. The molecule has 1 rings (SSSR count). The molecule has 1 aromatic carbocycles. The fraction of sp³-hybridized carbons (Fsp3) is 0.625. The molecule has 21 heavy (non-hydrogen) atoms. The number of rotatable bonds is 7. The van der Waals surface area contributed by atoms with Crippen LogP contribution in [-0.4, -0.2) is 25.8 Å². The average molecular weight is 312 g/mol. The molecule has 1 atom stereocenters. The Morgan fingerprint density at radius 1 is 1.24 bits per heavy atom. The number of benzene rings is 1. The summed E-state index contributed by atoms with van der Waals surface area (Å²) in [6.07, 6.45) is 1.53. The number of hydrogen-bond donors (Lipinski definition) is 1. The molecule has 2 N–H and O–H groups in total. The summed E-state index contributed by atoms with van der Waals surface area (Å²) in [6, 6.07) is 5.46. The van der Waals surface area contributed by atoms with Crippen LogP contribution >= 0.6 is 0 Å². The van der Waals surface area contributed by atoms with Gasteiger partial charge in [-0.1, -0.05) is 32.9 Å². The van der Waals surface area contributed by atoms with Gasteiger partial charge in [0.05, 0.1) is 4.90 Å². The van der Waals surface area contributed by atoms with Crippen LogP contribution in [0.2, 0.25) is 0 Å². The van der Waals surface area contributed by atoms with Crippen LogP contribution in [0.3, 0.4) is 0 Å². The van der Waals surface area contributed by atoms with E-state index in [1.54, 1.807) is 13.1 Å². The Hall–Kier alpha value is -0.910. The predicted octanol–water partition coefficient (Wildman–Crippen LogP) is 2.76. The molecular weight excluding hydrogens is 284 g/mol. The van der Waals surface area contributed by atoms with Crippen LogP contribution in [0.4, 0.5) is 0 Å². The van der Waals surface area contributed by atoms with E-state index in [9.17, 15) is 8.42 Å². The van der Waals surface area contributed by atoms with Gasteiger partial charge in [0.15, 0.2) is 0 Å². The highest BCUT2D eigenvalue weighted by molar-refractivity contribution is 7.89. The highest BCUT2D eigenvalue weighted by atomic mass is 32.2. The van der Waals surface area contributed by atoms with Crippen molar-refractivity contribution in [2.75, 3.05) is 7.05 Å². The Bertz CT molecular complexity index is 568. The molecule has 5 heteroatoms. The smallest absolute Gasteiger partial charge is 0.243 e. The first-order valence-electron chi connectivity index (χ1n) is 7.53. The fourth-order valence-electron chi connectivity index (χ4n) is 2.48. The zero-order valence-electron chi connectivity index (χ0n) is 13.8. The fourth-order valence-corrected chi connectivity index (χ4v) is 4.19. The first-order chi connectivity index (χ1) is 9.73. The van der Waals surface area contributed by atoms with E-state index in [0.717, 1.165) is 17.5 Å². The van der Waals surface area contributed by atoms with Gasteiger partial charge in [-0.15, -0.1) is 0 Å². The number of nitrogens with two attached hydrogens (primary N) is 1. The molecule has 0 aliphatic rings. The Kier molecular flexibility index (Phi) is 6.38. The van der Waals surface area contributed by atoms with Crippen LogP contribution in [0, 0.1) is 5.92 Å². The van der Waals surface area contributed by atoms with Gasteiger partial charge in [0.1, 0.15) is 0 Å². The molecule has 0 spiro atoms. The molecule has 0 aromatic heterocycles. The van der Waals surface area contributed by atoms with Crippen molar-refractivity contribution in [1.29, 1.82) is 0 Å². The third kappa shape index (κ3) is 4.28. The lowest BCUT2D eigenvalue weighted by Gasteiger charge is -2.26. The van der Waals surface area contributed by atoms with E-state index in [-0.39, 0.29) is 6.04 Å². The molecule has 0 saturated carbocycles. The average Bonchev–Trinajstić information content (AvgIpc) is 2.44. The van der Waals surface area contributed by atoms with Crippen molar-refractivity contribution in [3.8, 4) is 0 Å². The first-order valence-corrected chi connectivity index (χ1v) is 8.97. The number of hydrogen-bond acceptors (Lipinski definition) is 3. The molecule has 0 fully saturated rings. The topological polar surface area (TPSA) is 63.4 Å². The lowest BCUT2D eigenvalue weighted by molar-refractivity contribution is 0.337. The summed E-state index contributed by atoms with van der Waals surface area (Å²) >= 11 is 0. The highest BCUT2D eigenvalue weighted by Gasteiger charge is 2.27. The van der Waals surface area contributed by atoms with Crippen molar-refractivity contribution in [3.63, 3.8) is 0 Å². The second kappa shape index (κ2) is 7.38. The van der Waals surface area contributed by atoms with Gasteiger partial charge in [-0.2, -0.15) is 4.31 Å². The molecule has 0 radical (unpaired) electrons. The molecule has 1 aromatic rings. The summed E-state index contributed by atoms with van der Waals surface area (Å²) in [7, 11) is -1.82. The summed E-state index contributed by atoms with van der Waals surface area (Å²) in [5.41, 5.74) is 7.33. The van der Waals surface area contributed by atoms with E-state index in [2.05, 4.69) is 13.8 Å². The van der Waals surface area contributed by atoms with Crippen LogP contribution in [0.5, 0.6) is 0 Å². The first kappa shape index (κ1) is 18.1. The van der Waals surface area contributed by atoms with Gasteiger partial charge < -0.3 is 5.73 Å². The van der Waals surface area contributed by atoms with Crippen LogP contribution in [0.25, 0.3) is 0 Å². The second-order valence-corrected chi connectivity index (χ2v) is 7.97. The molecule has 4 nitrogen and oxygen atoms in total. The minimum atomic E-state index is -3.48. The van der Waals surface area contributed by atoms with Gasteiger partial charge in [0, 0.05) is 19.6 Å². The standard InChI is InChI=1S/C16H28N2O2S/c1-6-15-8-7-14(11-17)10-16(15)21(19,20)18(5)13(4)9-12(2)3/h7-8,10,12-13H,6,9,11,17H2,1-5H3. The lowest BCUT2D eigenvalue weighted by atomic mass is 10.1. The molecule has 120 valence electrons. The van der Waals surface area contributed by atoms with E-state index in [1.165, 1.54) is 4.31 Å². The normalized spacial score (nSPS) is 13.9. The summed E-state index contributed by atoms with van der Waals surface area (Å²) in [5.74, 6) is 0.457. The van der Waals surface area contributed by atoms with Crippen LogP contribution < -0.4 is 5.73 Å². The van der Waals surface area contributed by atoms with Crippen molar-refractivity contribution in [2.24, 2.45) is 11.7 Å². The second-order valence-electron chi connectivity index (χ2n) is 6.00. The Morgan fingerprint density at radius 2 is 1.86 bits per heavy atom. The summed E-state index contributed by atoms with van der Waals surface area (Å²) < 4.78 is 27.3. The lowest BCUT2D eigenvalue weighted by Crippen LogP contribution is -2.36. The Morgan fingerprint density at radius 3 is 2.33 bits per heavy atom. The van der Waals surface area contributed by atoms with Crippen LogP contribution in [0.15, 0.2) is 23.1 Å².